The summed E-state index contributed by atoms with van der Waals surface area (Å²) in [4.78, 5) is 11.4. The Morgan fingerprint density at radius 2 is 2.07 bits per heavy atom. The number of halogens is 1. The molecule has 0 fully saturated rings. The van der Waals surface area contributed by atoms with Crippen LogP contribution >= 0.6 is 15.9 Å². The first-order chi connectivity index (χ1) is 13.5. The van der Waals surface area contributed by atoms with Crippen molar-refractivity contribution < 1.29 is 9.53 Å². The first-order valence-corrected chi connectivity index (χ1v) is 9.96. The van der Waals surface area contributed by atoms with E-state index < -0.39 is 0 Å². The average molecular weight is 441 g/mol. The van der Waals surface area contributed by atoms with Crippen LogP contribution in [0.2, 0.25) is 0 Å². The lowest BCUT2D eigenvalue weighted by Gasteiger charge is -2.21. The fraction of sp³-hybridized carbons (Fsp3) is 0.286. The number of hydrogen-bond donors (Lipinski definition) is 1. The quantitative estimate of drug-likeness (QED) is 0.612. The van der Waals surface area contributed by atoms with Gasteiger partial charge in [-0.3, -0.25) is 4.79 Å². The molecule has 6 nitrogen and oxygen atoms in total. The normalized spacial score (nSPS) is 15.3. The summed E-state index contributed by atoms with van der Waals surface area (Å²) in [5.74, 6) is -0.235. The van der Waals surface area contributed by atoms with Gasteiger partial charge in [-0.1, -0.05) is 39.3 Å². The maximum atomic E-state index is 11.4. The standard InChI is InChI=1S/C21H21BrN4O2/c1-13-21-17-8-5-15(22)12-18(17)19(9-10-26(21)25-24-13)23-16-6-3-14(4-7-16)11-20(27)28-2/h3-8,12,19,23H,9-11H2,1-2H3. The van der Waals surface area contributed by atoms with E-state index in [9.17, 15) is 4.79 Å². The second-order valence-electron chi connectivity index (χ2n) is 6.91. The molecule has 4 rings (SSSR count). The molecule has 0 amide bonds. The zero-order chi connectivity index (χ0) is 19.7. The minimum absolute atomic E-state index is 0.139. The van der Waals surface area contributed by atoms with Gasteiger partial charge in [-0.2, -0.15) is 0 Å². The number of rotatable bonds is 4. The highest BCUT2D eigenvalue weighted by Gasteiger charge is 2.25. The third kappa shape index (κ3) is 3.67. The average Bonchev–Trinajstić information content (AvgIpc) is 2.99. The predicted molar refractivity (Wildman–Crippen MR) is 111 cm³/mol. The molecule has 0 aliphatic carbocycles. The van der Waals surface area contributed by atoms with Gasteiger partial charge in [-0.15, -0.1) is 5.10 Å². The van der Waals surface area contributed by atoms with Gasteiger partial charge in [0, 0.05) is 22.3 Å². The van der Waals surface area contributed by atoms with Gasteiger partial charge in [0.2, 0.25) is 0 Å². The zero-order valence-corrected chi connectivity index (χ0v) is 17.4. The van der Waals surface area contributed by atoms with E-state index in [0.29, 0.717) is 0 Å². The van der Waals surface area contributed by atoms with Gasteiger partial charge in [0.25, 0.3) is 0 Å². The Morgan fingerprint density at radius 1 is 1.29 bits per heavy atom. The first kappa shape index (κ1) is 18.7. The molecule has 2 aromatic carbocycles. The van der Waals surface area contributed by atoms with Crippen LogP contribution in [0, 0.1) is 6.92 Å². The van der Waals surface area contributed by atoms with Crippen molar-refractivity contribution in [1.29, 1.82) is 0 Å². The lowest BCUT2D eigenvalue weighted by Crippen LogP contribution is -2.13. The minimum Gasteiger partial charge on any atom is -0.469 e. The van der Waals surface area contributed by atoms with Crippen LogP contribution < -0.4 is 5.32 Å². The Bertz CT molecular complexity index is 1010. The Morgan fingerprint density at radius 3 is 2.82 bits per heavy atom. The van der Waals surface area contributed by atoms with Gasteiger partial charge in [0.15, 0.2) is 0 Å². The maximum Gasteiger partial charge on any atom is 0.309 e. The second-order valence-corrected chi connectivity index (χ2v) is 7.83. The number of ether oxygens (including phenoxy) is 1. The summed E-state index contributed by atoms with van der Waals surface area (Å²) in [5.41, 5.74) is 6.35. The first-order valence-electron chi connectivity index (χ1n) is 9.17. The summed E-state index contributed by atoms with van der Waals surface area (Å²) in [6.45, 7) is 2.79. The number of esters is 1. The molecule has 1 aliphatic rings. The molecule has 1 aliphatic heterocycles. The Kier molecular flexibility index (Phi) is 5.17. The molecule has 0 saturated heterocycles. The van der Waals surface area contributed by atoms with Gasteiger partial charge < -0.3 is 10.1 Å². The smallest absolute Gasteiger partial charge is 0.309 e. The van der Waals surface area contributed by atoms with Gasteiger partial charge in [-0.25, -0.2) is 4.68 Å². The Labute approximate surface area is 172 Å². The van der Waals surface area contributed by atoms with E-state index in [0.717, 1.165) is 45.6 Å². The minimum atomic E-state index is -0.235. The topological polar surface area (TPSA) is 69.0 Å². The largest absolute Gasteiger partial charge is 0.469 e. The molecule has 0 radical (unpaired) electrons. The van der Waals surface area contributed by atoms with Crippen molar-refractivity contribution in [3.63, 3.8) is 0 Å². The van der Waals surface area contributed by atoms with Crippen molar-refractivity contribution >= 4 is 27.6 Å². The van der Waals surface area contributed by atoms with E-state index in [1.54, 1.807) is 0 Å². The lowest BCUT2D eigenvalue weighted by molar-refractivity contribution is -0.139. The maximum absolute atomic E-state index is 11.4. The van der Waals surface area contributed by atoms with Gasteiger partial charge in [0.1, 0.15) is 0 Å². The summed E-state index contributed by atoms with van der Waals surface area (Å²) >= 11 is 3.61. The van der Waals surface area contributed by atoms with Crippen molar-refractivity contribution in [3.8, 4) is 11.3 Å². The van der Waals surface area contributed by atoms with Crippen molar-refractivity contribution in [2.75, 3.05) is 12.4 Å². The van der Waals surface area contributed by atoms with E-state index in [-0.39, 0.29) is 18.4 Å². The summed E-state index contributed by atoms with van der Waals surface area (Å²) in [5, 5.41) is 12.2. The molecule has 1 aromatic heterocycles. The Balaban J connectivity index is 1.63. The SMILES string of the molecule is COC(=O)Cc1ccc(NC2CCn3nnc(C)c3-c3ccc(Br)cc32)cc1. The number of aryl methyl sites for hydroxylation is 2. The van der Waals surface area contributed by atoms with Crippen LogP contribution in [0.25, 0.3) is 11.3 Å². The third-order valence-corrected chi connectivity index (χ3v) is 5.54. The van der Waals surface area contributed by atoms with Crippen LogP contribution in [-0.4, -0.2) is 28.1 Å². The molecular formula is C21H21BrN4O2. The molecular weight excluding hydrogens is 420 g/mol. The third-order valence-electron chi connectivity index (χ3n) is 5.05. The molecule has 2 heterocycles. The van der Waals surface area contributed by atoms with Crippen molar-refractivity contribution in [3.05, 3.63) is 63.8 Å². The summed E-state index contributed by atoms with van der Waals surface area (Å²) in [6.07, 6.45) is 1.17. The molecule has 3 aromatic rings. The number of aromatic nitrogens is 3. The number of nitrogens with zero attached hydrogens (tertiary/aromatic N) is 3. The number of hydrogen-bond acceptors (Lipinski definition) is 5. The number of anilines is 1. The summed E-state index contributed by atoms with van der Waals surface area (Å²) < 4.78 is 7.77. The predicted octanol–water partition coefficient (Wildman–Crippen LogP) is 4.29. The zero-order valence-electron chi connectivity index (χ0n) is 15.8. The molecule has 28 heavy (non-hydrogen) atoms. The fourth-order valence-corrected chi connectivity index (χ4v) is 4.02. The molecule has 1 unspecified atom stereocenters. The van der Waals surface area contributed by atoms with Crippen LogP contribution in [0.15, 0.2) is 46.9 Å². The van der Waals surface area contributed by atoms with Crippen LogP contribution in [-0.2, 0) is 22.5 Å². The molecule has 7 heteroatoms. The number of benzene rings is 2. The fourth-order valence-electron chi connectivity index (χ4n) is 3.64. The van der Waals surface area contributed by atoms with Gasteiger partial charge in [-0.05, 0) is 48.7 Å². The van der Waals surface area contributed by atoms with Crippen molar-refractivity contribution in [2.24, 2.45) is 0 Å². The molecule has 0 spiro atoms. The molecule has 1 N–H and O–H groups in total. The summed E-state index contributed by atoms with van der Waals surface area (Å²) in [6, 6.07) is 14.4. The Hall–Kier alpha value is -2.67. The number of carbonyl (C=O) groups is 1. The second kappa shape index (κ2) is 7.75. The molecule has 1 atom stereocenters. The highest BCUT2D eigenvalue weighted by atomic mass is 79.9. The van der Waals surface area contributed by atoms with Crippen LogP contribution in [0.1, 0.15) is 29.3 Å². The molecule has 0 bridgehead atoms. The van der Waals surface area contributed by atoms with E-state index in [2.05, 4.69) is 49.8 Å². The summed E-state index contributed by atoms with van der Waals surface area (Å²) in [7, 11) is 1.40. The highest BCUT2D eigenvalue weighted by Crippen LogP contribution is 2.38. The highest BCUT2D eigenvalue weighted by molar-refractivity contribution is 9.10. The number of fused-ring (bicyclic) bond motifs is 3. The number of methoxy groups -OCH3 is 1. The van der Waals surface area contributed by atoms with Crippen LogP contribution in [0.4, 0.5) is 5.69 Å². The van der Waals surface area contributed by atoms with E-state index in [1.165, 1.54) is 12.7 Å². The van der Waals surface area contributed by atoms with E-state index >= 15 is 0 Å². The van der Waals surface area contributed by atoms with Crippen LogP contribution in [0.3, 0.4) is 0 Å². The van der Waals surface area contributed by atoms with Crippen LogP contribution in [0.5, 0.6) is 0 Å². The molecule has 0 saturated carbocycles. The van der Waals surface area contributed by atoms with E-state index in [4.69, 9.17) is 4.74 Å². The van der Waals surface area contributed by atoms with Crippen molar-refractivity contribution in [2.45, 2.75) is 32.4 Å². The number of carbonyl (C=O) groups excluding carboxylic acids is 1. The molecule has 144 valence electrons. The number of nitrogens with one attached hydrogen (secondary N) is 1. The van der Waals surface area contributed by atoms with Gasteiger partial charge >= 0.3 is 5.97 Å². The van der Waals surface area contributed by atoms with Crippen molar-refractivity contribution in [1.82, 2.24) is 15.0 Å². The monoisotopic (exact) mass is 440 g/mol. The van der Waals surface area contributed by atoms with E-state index in [1.807, 2.05) is 35.9 Å². The van der Waals surface area contributed by atoms with Gasteiger partial charge in [0.05, 0.1) is 31.0 Å². The lowest BCUT2D eigenvalue weighted by atomic mass is 9.96.